The van der Waals surface area contributed by atoms with Gasteiger partial charge in [0, 0.05) is 31.2 Å². The van der Waals surface area contributed by atoms with Crippen molar-refractivity contribution in [3.63, 3.8) is 0 Å². The minimum atomic E-state index is -1.13. The molecule has 4 N–H and O–H groups in total. The summed E-state index contributed by atoms with van der Waals surface area (Å²) in [5, 5.41) is 23.1. The normalized spacial score (nSPS) is 30.5. The molecule has 2 bridgehead atoms. The Labute approximate surface area is 124 Å². The molecule has 7 heteroatoms. The first-order chi connectivity index (χ1) is 10.0. The molecular weight excluding hydrogens is 274 g/mol. The minimum absolute atomic E-state index is 0.0153. The monoisotopic (exact) mass is 299 g/mol. The molecule has 2 aliphatic heterocycles. The van der Waals surface area contributed by atoms with Crippen LogP contribution in [0, 0.1) is 0 Å². The number of aliphatic carboxylic acids is 1. The largest absolute Gasteiger partial charge is 0.480 e. The van der Waals surface area contributed by atoms with E-state index >= 15 is 0 Å². The fourth-order valence-electron chi connectivity index (χ4n) is 3.51. The van der Waals surface area contributed by atoms with Gasteiger partial charge in [0.1, 0.15) is 6.04 Å². The lowest BCUT2D eigenvalue weighted by molar-refractivity contribution is -0.139. The molecule has 0 saturated carbocycles. The summed E-state index contributed by atoms with van der Waals surface area (Å²) in [5.74, 6) is -1.13. The van der Waals surface area contributed by atoms with Gasteiger partial charge < -0.3 is 25.7 Å². The van der Waals surface area contributed by atoms with Crippen LogP contribution < -0.4 is 10.6 Å². The van der Waals surface area contributed by atoms with E-state index < -0.39 is 18.0 Å². The summed E-state index contributed by atoms with van der Waals surface area (Å²) in [4.78, 5) is 25.3. The Morgan fingerprint density at radius 2 is 1.90 bits per heavy atom. The van der Waals surface area contributed by atoms with Crippen molar-refractivity contribution < 1.29 is 19.8 Å². The smallest absolute Gasteiger partial charge is 0.326 e. The first-order valence-corrected chi connectivity index (χ1v) is 7.64. The molecule has 2 heterocycles. The van der Waals surface area contributed by atoms with Gasteiger partial charge in [-0.15, -0.1) is 0 Å². The van der Waals surface area contributed by atoms with E-state index in [4.69, 9.17) is 10.2 Å². The SMILES string of the molecule is CN1C2CCCC1CC(NC(=O)N[C@H](CCO)C(=O)O)C2. The minimum Gasteiger partial charge on any atom is -0.480 e. The van der Waals surface area contributed by atoms with E-state index in [1.165, 1.54) is 6.42 Å². The maximum absolute atomic E-state index is 11.9. The topological polar surface area (TPSA) is 102 Å². The van der Waals surface area contributed by atoms with Crippen LogP contribution in [-0.2, 0) is 4.79 Å². The van der Waals surface area contributed by atoms with E-state index in [9.17, 15) is 9.59 Å². The number of urea groups is 1. The predicted molar refractivity (Wildman–Crippen MR) is 77.0 cm³/mol. The van der Waals surface area contributed by atoms with E-state index in [2.05, 4.69) is 22.6 Å². The number of hydrogen-bond donors (Lipinski definition) is 4. The van der Waals surface area contributed by atoms with E-state index in [-0.39, 0.29) is 19.1 Å². The number of amides is 2. The molecule has 3 atom stereocenters. The molecule has 0 aromatic carbocycles. The fourth-order valence-corrected chi connectivity index (χ4v) is 3.51. The van der Waals surface area contributed by atoms with E-state index in [1.54, 1.807) is 0 Å². The van der Waals surface area contributed by atoms with Crippen molar-refractivity contribution in [3.05, 3.63) is 0 Å². The molecule has 2 amide bonds. The van der Waals surface area contributed by atoms with Crippen LogP contribution in [0.5, 0.6) is 0 Å². The number of carboxylic acid groups (broad SMARTS) is 1. The van der Waals surface area contributed by atoms with Gasteiger partial charge in [-0.3, -0.25) is 0 Å². The number of carbonyl (C=O) groups excluding carboxylic acids is 1. The van der Waals surface area contributed by atoms with Gasteiger partial charge >= 0.3 is 12.0 Å². The van der Waals surface area contributed by atoms with Crippen molar-refractivity contribution in [2.75, 3.05) is 13.7 Å². The Morgan fingerprint density at radius 3 is 2.43 bits per heavy atom. The first kappa shape index (κ1) is 16.0. The van der Waals surface area contributed by atoms with Gasteiger partial charge in [0.2, 0.25) is 0 Å². The molecule has 0 spiro atoms. The molecule has 0 radical (unpaired) electrons. The van der Waals surface area contributed by atoms with Gasteiger partial charge in [-0.2, -0.15) is 0 Å². The summed E-state index contributed by atoms with van der Waals surface area (Å²) >= 11 is 0. The van der Waals surface area contributed by atoms with Crippen molar-refractivity contribution >= 4 is 12.0 Å². The zero-order valence-electron chi connectivity index (χ0n) is 12.4. The lowest BCUT2D eigenvalue weighted by atomic mass is 9.82. The number of hydrogen-bond acceptors (Lipinski definition) is 4. The molecule has 0 aromatic heterocycles. The highest BCUT2D eigenvalue weighted by Crippen LogP contribution is 2.32. The molecule has 2 fully saturated rings. The summed E-state index contributed by atoms with van der Waals surface area (Å²) < 4.78 is 0. The third-order valence-electron chi connectivity index (χ3n) is 4.70. The van der Waals surface area contributed by atoms with Crippen LogP contribution in [0.25, 0.3) is 0 Å². The Hall–Kier alpha value is -1.34. The standard InChI is InChI=1S/C14H25N3O4/c1-17-10-3-2-4-11(17)8-9(7-10)15-14(21)16-12(5-6-18)13(19)20/h9-12,18H,2-8H2,1H3,(H,19,20)(H2,15,16,21)/t9?,10?,11?,12-/m1/s1. The number of nitrogens with zero attached hydrogens (tertiary/aromatic N) is 1. The van der Waals surface area contributed by atoms with E-state index in [0.717, 1.165) is 25.7 Å². The molecule has 2 saturated heterocycles. The Balaban J connectivity index is 1.84. The number of fused-ring (bicyclic) bond motifs is 2. The molecule has 0 aromatic rings. The fraction of sp³-hybridized carbons (Fsp3) is 0.857. The first-order valence-electron chi connectivity index (χ1n) is 7.64. The second kappa shape index (κ2) is 7.09. The van der Waals surface area contributed by atoms with Gasteiger partial charge in [-0.05, 0) is 32.7 Å². The number of nitrogens with one attached hydrogen (secondary N) is 2. The number of aliphatic hydroxyl groups is 1. The summed E-state index contributed by atoms with van der Waals surface area (Å²) in [6.07, 6.45) is 5.41. The molecular formula is C14H25N3O4. The van der Waals surface area contributed by atoms with Crippen LogP contribution in [0.4, 0.5) is 4.79 Å². The molecule has 2 aliphatic rings. The number of rotatable bonds is 5. The summed E-state index contributed by atoms with van der Waals surface area (Å²) in [6, 6.07) is -0.379. The average Bonchev–Trinajstić information content (AvgIpc) is 2.39. The van der Waals surface area contributed by atoms with Crippen LogP contribution in [0.15, 0.2) is 0 Å². The maximum Gasteiger partial charge on any atom is 0.326 e. The van der Waals surface area contributed by atoms with Crippen molar-refractivity contribution in [1.29, 1.82) is 0 Å². The van der Waals surface area contributed by atoms with E-state index in [0.29, 0.717) is 12.1 Å². The molecule has 2 unspecified atom stereocenters. The van der Waals surface area contributed by atoms with Crippen molar-refractivity contribution in [3.8, 4) is 0 Å². The van der Waals surface area contributed by atoms with Gasteiger partial charge in [0.25, 0.3) is 0 Å². The highest BCUT2D eigenvalue weighted by molar-refractivity contribution is 5.82. The number of piperidine rings is 2. The number of aliphatic hydroxyl groups excluding tert-OH is 1. The summed E-state index contributed by atoms with van der Waals surface area (Å²) in [7, 11) is 2.15. The van der Waals surface area contributed by atoms with Crippen LogP contribution in [0.2, 0.25) is 0 Å². The van der Waals surface area contributed by atoms with Crippen LogP contribution in [0.1, 0.15) is 38.5 Å². The lowest BCUT2D eigenvalue weighted by Gasteiger charge is -2.47. The van der Waals surface area contributed by atoms with Gasteiger partial charge in [-0.1, -0.05) is 6.42 Å². The lowest BCUT2D eigenvalue weighted by Crippen LogP contribution is -2.57. The molecule has 21 heavy (non-hydrogen) atoms. The van der Waals surface area contributed by atoms with Crippen molar-refractivity contribution in [2.45, 2.75) is 62.7 Å². The third kappa shape index (κ3) is 4.07. The van der Waals surface area contributed by atoms with Crippen molar-refractivity contribution in [2.24, 2.45) is 0 Å². The highest BCUT2D eigenvalue weighted by atomic mass is 16.4. The second-order valence-corrected chi connectivity index (χ2v) is 6.09. The second-order valence-electron chi connectivity index (χ2n) is 6.09. The number of carboxylic acids is 1. The molecule has 2 rings (SSSR count). The van der Waals surface area contributed by atoms with Crippen molar-refractivity contribution in [1.82, 2.24) is 15.5 Å². The molecule has 7 nitrogen and oxygen atoms in total. The molecule has 0 aliphatic carbocycles. The van der Waals surface area contributed by atoms with Crippen LogP contribution in [-0.4, -0.2) is 64.9 Å². The quantitative estimate of drug-likeness (QED) is 0.578. The van der Waals surface area contributed by atoms with Gasteiger partial charge in [0.05, 0.1) is 0 Å². The molecule has 120 valence electrons. The van der Waals surface area contributed by atoms with E-state index in [1.807, 2.05) is 0 Å². The highest BCUT2D eigenvalue weighted by Gasteiger charge is 2.36. The zero-order valence-corrected chi connectivity index (χ0v) is 12.4. The average molecular weight is 299 g/mol. The number of carbonyl (C=O) groups is 2. The van der Waals surface area contributed by atoms with Gasteiger partial charge in [-0.25, -0.2) is 9.59 Å². The third-order valence-corrected chi connectivity index (χ3v) is 4.70. The van der Waals surface area contributed by atoms with Crippen LogP contribution >= 0.6 is 0 Å². The Morgan fingerprint density at radius 1 is 1.29 bits per heavy atom. The Kier molecular flexibility index (Phi) is 5.41. The summed E-state index contributed by atoms with van der Waals surface area (Å²) in [6.45, 7) is -0.268. The Bertz CT molecular complexity index is 376. The zero-order chi connectivity index (χ0) is 15.4. The van der Waals surface area contributed by atoms with Gasteiger partial charge in [0.15, 0.2) is 0 Å². The maximum atomic E-state index is 11.9. The van der Waals surface area contributed by atoms with Crippen LogP contribution in [0.3, 0.4) is 0 Å². The predicted octanol–water partition coefficient (Wildman–Crippen LogP) is 0.137. The summed E-state index contributed by atoms with van der Waals surface area (Å²) in [5.41, 5.74) is 0.